The highest BCUT2D eigenvalue weighted by Crippen LogP contribution is 1.94. The molecule has 0 spiro atoms. The molecule has 0 aromatic rings. The number of hydrogen-bond donors (Lipinski definition) is 2. The largest absolute Gasteiger partial charge is 0.481 e. The third-order valence-electron chi connectivity index (χ3n) is 1.54. The van der Waals surface area contributed by atoms with Gasteiger partial charge in [-0.25, -0.2) is 0 Å². The Labute approximate surface area is 93.3 Å². The number of carbonyl (C=O) groups excluding carboxylic acids is 2. The molecule has 0 aromatic heterocycles. The minimum atomic E-state index is -1.20. The lowest BCUT2D eigenvalue weighted by Gasteiger charge is -2.13. The van der Waals surface area contributed by atoms with Crippen LogP contribution < -0.4 is 5.32 Å². The molecule has 0 heterocycles. The number of aliphatic carboxylic acids is 1. The Kier molecular flexibility index (Phi) is 6.58. The molecule has 1 atom stereocenters. The maximum absolute atomic E-state index is 11.0. The van der Waals surface area contributed by atoms with E-state index >= 15 is 0 Å². The van der Waals surface area contributed by atoms with Gasteiger partial charge >= 0.3 is 11.9 Å². The third kappa shape index (κ3) is 7.54. The molecule has 0 saturated carbocycles. The van der Waals surface area contributed by atoms with Crippen LogP contribution in [0.4, 0.5) is 0 Å². The highest BCUT2D eigenvalue weighted by atomic mass is 16.5. The fourth-order valence-electron chi connectivity index (χ4n) is 0.991. The average Bonchev–Trinajstić information content (AvgIpc) is 2.12. The molecule has 0 saturated heterocycles. The van der Waals surface area contributed by atoms with Crippen LogP contribution in [0.1, 0.15) is 20.3 Å². The van der Waals surface area contributed by atoms with Gasteiger partial charge in [-0.05, 0) is 13.0 Å². The maximum Gasteiger partial charge on any atom is 0.312 e. The van der Waals surface area contributed by atoms with E-state index in [-0.39, 0.29) is 6.54 Å². The number of ether oxygens (including phenoxy) is 1. The molecule has 1 unspecified atom stereocenters. The predicted molar refractivity (Wildman–Crippen MR) is 55.6 cm³/mol. The van der Waals surface area contributed by atoms with E-state index in [0.717, 1.165) is 0 Å². The first-order chi connectivity index (χ1) is 7.45. The summed E-state index contributed by atoms with van der Waals surface area (Å²) in [5.41, 5.74) is 0. The summed E-state index contributed by atoms with van der Waals surface area (Å²) in [6.07, 6.45) is 2.11. The zero-order chi connectivity index (χ0) is 12.6. The molecule has 2 N–H and O–H groups in total. The Morgan fingerprint density at radius 3 is 2.50 bits per heavy atom. The van der Waals surface area contributed by atoms with E-state index in [9.17, 15) is 14.4 Å². The molecular formula is C10H15NO5. The molecule has 16 heavy (non-hydrogen) atoms. The number of carboxylic acids is 1. The molecule has 1 amide bonds. The zero-order valence-electron chi connectivity index (χ0n) is 9.23. The average molecular weight is 229 g/mol. The van der Waals surface area contributed by atoms with Gasteiger partial charge in [-0.3, -0.25) is 14.4 Å². The van der Waals surface area contributed by atoms with Gasteiger partial charge < -0.3 is 15.2 Å². The first-order valence-corrected chi connectivity index (χ1v) is 4.74. The molecule has 0 aliphatic rings. The summed E-state index contributed by atoms with van der Waals surface area (Å²) in [6, 6.07) is 0. The molecule has 0 bridgehead atoms. The van der Waals surface area contributed by atoms with Crippen molar-refractivity contribution in [2.45, 2.75) is 26.4 Å². The van der Waals surface area contributed by atoms with E-state index in [2.05, 4.69) is 5.32 Å². The summed E-state index contributed by atoms with van der Waals surface area (Å²) >= 11 is 0. The Balaban J connectivity index is 4.06. The maximum atomic E-state index is 11.0. The number of carboxylic acid groups (broad SMARTS) is 1. The van der Waals surface area contributed by atoms with Crippen LogP contribution in [0.15, 0.2) is 12.2 Å². The summed E-state index contributed by atoms with van der Waals surface area (Å²) in [5, 5.41) is 10.7. The van der Waals surface area contributed by atoms with Gasteiger partial charge in [0.1, 0.15) is 12.5 Å². The van der Waals surface area contributed by atoms with Crippen molar-refractivity contribution < 1.29 is 24.2 Å². The number of allylic oxidation sites excluding steroid dienone is 1. The van der Waals surface area contributed by atoms with Crippen LogP contribution >= 0.6 is 0 Å². The number of hydrogen-bond acceptors (Lipinski definition) is 4. The van der Waals surface area contributed by atoms with Gasteiger partial charge in [0.25, 0.3) is 0 Å². The Morgan fingerprint density at radius 1 is 1.44 bits per heavy atom. The quantitative estimate of drug-likeness (QED) is 0.382. The lowest BCUT2D eigenvalue weighted by molar-refractivity contribution is -0.145. The van der Waals surface area contributed by atoms with Crippen LogP contribution in [-0.4, -0.2) is 35.6 Å². The molecule has 0 aliphatic heterocycles. The summed E-state index contributed by atoms with van der Waals surface area (Å²) in [7, 11) is 0. The number of rotatable bonds is 6. The number of nitrogens with one attached hydrogen (secondary N) is 1. The van der Waals surface area contributed by atoms with Crippen LogP contribution in [0.25, 0.3) is 0 Å². The van der Waals surface area contributed by atoms with Gasteiger partial charge in [-0.1, -0.05) is 6.08 Å². The first kappa shape index (κ1) is 14.2. The van der Waals surface area contributed by atoms with Gasteiger partial charge in [0.15, 0.2) is 0 Å². The number of amides is 1. The smallest absolute Gasteiger partial charge is 0.312 e. The van der Waals surface area contributed by atoms with Crippen LogP contribution in [0.5, 0.6) is 0 Å². The van der Waals surface area contributed by atoms with Crippen LogP contribution in [-0.2, 0) is 19.1 Å². The number of esters is 1. The minimum absolute atomic E-state index is 0.0655. The predicted octanol–water partition coefficient (Wildman–Crippen LogP) is 0.0851. The van der Waals surface area contributed by atoms with Crippen molar-refractivity contribution in [1.29, 1.82) is 0 Å². The van der Waals surface area contributed by atoms with Gasteiger partial charge in [-0.2, -0.15) is 0 Å². The fourth-order valence-corrected chi connectivity index (χ4v) is 0.991. The van der Waals surface area contributed by atoms with Gasteiger partial charge in [-0.15, -0.1) is 0 Å². The lowest BCUT2D eigenvalue weighted by atomic mass is 10.3. The van der Waals surface area contributed by atoms with E-state index in [4.69, 9.17) is 9.84 Å². The van der Waals surface area contributed by atoms with Crippen molar-refractivity contribution in [2.24, 2.45) is 0 Å². The Morgan fingerprint density at radius 2 is 2.06 bits per heavy atom. The van der Waals surface area contributed by atoms with Crippen molar-refractivity contribution >= 4 is 17.8 Å². The molecule has 6 heteroatoms. The molecule has 0 aliphatic carbocycles. The van der Waals surface area contributed by atoms with E-state index in [1.54, 1.807) is 19.1 Å². The summed E-state index contributed by atoms with van der Waals surface area (Å²) < 4.78 is 4.86. The van der Waals surface area contributed by atoms with Crippen molar-refractivity contribution in [3.05, 3.63) is 12.2 Å². The third-order valence-corrected chi connectivity index (χ3v) is 1.54. The fraction of sp³-hybridized carbons (Fsp3) is 0.500. The van der Waals surface area contributed by atoms with Crippen molar-refractivity contribution in [2.75, 3.05) is 6.54 Å². The summed E-state index contributed by atoms with van der Waals surface area (Å²) in [5.74, 6) is -2.28. The second-order valence-electron chi connectivity index (χ2n) is 3.05. The van der Waals surface area contributed by atoms with Gasteiger partial charge in [0, 0.05) is 6.92 Å². The van der Waals surface area contributed by atoms with E-state index in [1.807, 2.05) is 0 Å². The van der Waals surface area contributed by atoms with Gasteiger partial charge in [0.2, 0.25) is 5.91 Å². The van der Waals surface area contributed by atoms with E-state index in [0.29, 0.717) is 0 Å². The van der Waals surface area contributed by atoms with E-state index < -0.39 is 30.4 Å². The molecule has 0 radical (unpaired) electrons. The monoisotopic (exact) mass is 229 g/mol. The van der Waals surface area contributed by atoms with Crippen molar-refractivity contribution in [3.63, 3.8) is 0 Å². The molecule has 0 fully saturated rings. The van der Waals surface area contributed by atoms with Crippen LogP contribution in [0, 0.1) is 0 Å². The highest BCUT2D eigenvalue weighted by molar-refractivity contribution is 5.93. The highest BCUT2D eigenvalue weighted by Gasteiger charge is 2.11. The zero-order valence-corrected chi connectivity index (χ0v) is 9.23. The molecule has 0 rings (SSSR count). The first-order valence-electron chi connectivity index (χ1n) is 4.74. The minimum Gasteiger partial charge on any atom is -0.481 e. The van der Waals surface area contributed by atoms with E-state index in [1.165, 1.54) is 6.92 Å². The van der Waals surface area contributed by atoms with Gasteiger partial charge in [0.05, 0.1) is 6.54 Å². The molecule has 0 aromatic carbocycles. The Bertz CT molecular complexity index is 298. The standard InChI is InChI=1S/C10H15NO5/c1-3-4-8(16-7(2)12)6-11-9(13)5-10(14)15/h3-4,8H,5-6H2,1-2H3,(H,11,13)(H,14,15). The number of carbonyl (C=O) groups is 3. The topological polar surface area (TPSA) is 92.7 Å². The molecular weight excluding hydrogens is 214 g/mol. The lowest BCUT2D eigenvalue weighted by Crippen LogP contribution is -2.34. The summed E-state index contributed by atoms with van der Waals surface area (Å²) in [6.45, 7) is 3.07. The van der Waals surface area contributed by atoms with Crippen molar-refractivity contribution in [1.82, 2.24) is 5.32 Å². The summed E-state index contributed by atoms with van der Waals surface area (Å²) in [4.78, 5) is 31.9. The Hall–Kier alpha value is -1.85. The molecule has 90 valence electrons. The van der Waals surface area contributed by atoms with Crippen molar-refractivity contribution in [3.8, 4) is 0 Å². The normalized spacial score (nSPS) is 12.1. The molecule has 6 nitrogen and oxygen atoms in total. The van der Waals surface area contributed by atoms with Crippen LogP contribution in [0.3, 0.4) is 0 Å². The second kappa shape index (κ2) is 7.44. The SMILES string of the molecule is CC=CC(CNC(=O)CC(=O)O)OC(C)=O. The van der Waals surface area contributed by atoms with Crippen LogP contribution in [0.2, 0.25) is 0 Å². The second-order valence-corrected chi connectivity index (χ2v) is 3.05.